The van der Waals surface area contributed by atoms with Crippen LogP contribution in [0.2, 0.25) is 0 Å². The smallest absolute Gasteiger partial charge is 0.180 e. The zero-order valence-electron chi connectivity index (χ0n) is 10.7. The number of nitrogens with two attached hydrogens (primary N) is 1. The summed E-state index contributed by atoms with van der Waals surface area (Å²) in [5, 5.41) is 9.17. The summed E-state index contributed by atoms with van der Waals surface area (Å²) in [6, 6.07) is 0.540. The maximum absolute atomic E-state index is 5.78. The Bertz CT molecular complexity index is 565. The van der Waals surface area contributed by atoms with Gasteiger partial charge in [0.25, 0.3) is 0 Å². The molecule has 2 aromatic rings. The highest BCUT2D eigenvalue weighted by Gasteiger charge is 2.24. The van der Waals surface area contributed by atoms with Crippen LogP contribution in [0.3, 0.4) is 0 Å². The van der Waals surface area contributed by atoms with E-state index in [0.717, 1.165) is 22.2 Å². The molecule has 0 saturated heterocycles. The molecule has 96 valence electrons. The molecule has 0 bridgehead atoms. The number of nitrogen functional groups attached to an aromatic ring is 1. The van der Waals surface area contributed by atoms with E-state index in [1.54, 1.807) is 0 Å². The maximum Gasteiger partial charge on any atom is 0.180 e. The number of anilines is 1. The van der Waals surface area contributed by atoms with Gasteiger partial charge in [0.2, 0.25) is 0 Å². The van der Waals surface area contributed by atoms with Crippen molar-refractivity contribution in [2.24, 2.45) is 0 Å². The summed E-state index contributed by atoms with van der Waals surface area (Å²) in [5.41, 5.74) is 6.73. The van der Waals surface area contributed by atoms with Crippen LogP contribution in [-0.4, -0.2) is 19.7 Å². The SMILES string of the molecule is Cc1nc(N)sc1-c1nnc(C)n1C1CCCC1. The van der Waals surface area contributed by atoms with Gasteiger partial charge in [0.1, 0.15) is 5.82 Å². The Morgan fingerprint density at radius 1 is 1.22 bits per heavy atom. The van der Waals surface area contributed by atoms with Gasteiger partial charge in [-0.15, -0.1) is 10.2 Å². The third kappa shape index (κ3) is 1.80. The van der Waals surface area contributed by atoms with Crippen LogP contribution in [-0.2, 0) is 0 Å². The van der Waals surface area contributed by atoms with E-state index in [0.29, 0.717) is 11.2 Å². The lowest BCUT2D eigenvalue weighted by Gasteiger charge is -2.15. The molecule has 3 rings (SSSR count). The number of aryl methyl sites for hydroxylation is 2. The highest BCUT2D eigenvalue weighted by atomic mass is 32.1. The molecule has 0 radical (unpaired) electrons. The molecule has 6 heteroatoms. The lowest BCUT2D eigenvalue weighted by molar-refractivity contribution is 0.510. The Kier molecular flexibility index (Phi) is 2.81. The molecule has 1 aliphatic rings. The molecule has 2 aromatic heterocycles. The Morgan fingerprint density at radius 2 is 1.94 bits per heavy atom. The van der Waals surface area contributed by atoms with Crippen LogP contribution in [0.4, 0.5) is 5.13 Å². The summed E-state index contributed by atoms with van der Waals surface area (Å²) in [6.45, 7) is 4.00. The Labute approximate surface area is 110 Å². The average Bonchev–Trinajstić information content (AvgIpc) is 2.99. The first-order valence-electron chi connectivity index (χ1n) is 6.31. The van der Waals surface area contributed by atoms with E-state index in [9.17, 15) is 0 Å². The van der Waals surface area contributed by atoms with E-state index in [4.69, 9.17) is 5.73 Å². The summed E-state index contributed by atoms with van der Waals surface area (Å²) in [4.78, 5) is 5.34. The van der Waals surface area contributed by atoms with Gasteiger partial charge in [0.05, 0.1) is 10.6 Å². The van der Waals surface area contributed by atoms with Crippen molar-refractivity contribution < 1.29 is 0 Å². The van der Waals surface area contributed by atoms with Gasteiger partial charge in [-0.25, -0.2) is 4.98 Å². The fraction of sp³-hybridized carbons (Fsp3) is 0.583. The van der Waals surface area contributed by atoms with E-state index in [1.165, 1.54) is 37.0 Å². The second kappa shape index (κ2) is 4.35. The average molecular weight is 263 g/mol. The maximum atomic E-state index is 5.78. The van der Waals surface area contributed by atoms with Gasteiger partial charge in [-0.3, -0.25) is 0 Å². The van der Waals surface area contributed by atoms with Crippen LogP contribution in [0.5, 0.6) is 0 Å². The van der Waals surface area contributed by atoms with Gasteiger partial charge in [0.15, 0.2) is 11.0 Å². The lowest BCUT2D eigenvalue weighted by atomic mass is 10.2. The molecule has 1 fully saturated rings. The minimum absolute atomic E-state index is 0.540. The van der Waals surface area contributed by atoms with Crippen LogP contribution >= 0.6 is 11.3 Å². The van der Waals surface area contributed by atoms with Crippen LogP contribution < -0.4 is 5.73 Å². The molecule has 1 saturated carbocycles. The molecular weight excluding hydrogens is 246 g/mol. The van der Waals surface area contributed by atoms with Crippen molar-refractivity contribution in [2.75, 3.05) is 5.73 Å². The fourth-order valence-corrected chi connectivity index (χ4v) is 3.56. The van der Waals surface area contributed by atoms with Crippen molar-refractivity contribution in [3.8, 4) is 10.7 Å². The van der Waals surface area contributed by atoms with Crippen LogP contribution in [0.25, 0.3) is 10.7 Å². The van der Waals surface area contributed by atoms with Gasteiger partial charge < -0.3 is 10.3 Å². The molecule has 0 amide bonds. The number of rotatable bonds is 2. The first kappa shape index (κ1) is 11.6. The molecule has 2 heterocycles. The molecule has 0 aromatic carbocycles. The Morgan fingerprint density at radius 3 is 2.56 bits per heavy atom. The van der Waals surface area contributed by atoms with Crippen molar-refractivity contribution in [1.82, 2.24) is 19.7 Å². The van der Waals surface area contributed by atoms with Crippen molar-refractivity contribution in [3.05, 3.63) is 11.5 Å². The minimum Gasteiger partial charge on any atom is -0.375 e. The predicted octanol–water partition coefficient (Wildman–Crippen LogP) is 2.72. The molecule has 5 nitrogen and oxygen atoms in total. The number of aromatic nitrogens is 4. The normalized spacial score (nSPS) is 16.6. The van der Waals surface area contributed by atoms with Crippen LogP contribution in [0, 0.1) is 13.8 Å². The second-order valence-electron chi connectivity index (χ2n) is 4.85. The zero-order valence-corrected chi connectivity index (χ0v) is 11.5. The first-order valence-corrected chi connectivity index (χ1v) is 7.13. The number of hydrogen-bond acceptors (Lipinski definition) is 5. The summed E-state index contributed by atoms with van der Waals surface area (Å²) in [5.74, 6) is 1.93. The highest BCUT2D eigenvalue weighted by Crippen LogP contribution is 2.37. The van der Waals surface area contributed by atoms with Gasteiger partial charge in [0, 0.05) is 6.04 Å². The topological polar surface area (TPSA) is 69.6 Å². The lowest BCUT2D eigenvalue weighted by Crippen LogP contribution is -2.08. The monoisotopic (exact) mass is 263 g/mol. The van der Waals surface area contributed by atoms with Gasteiger partial charge in [-0.2, -0.15) is 0 Å². The van der Waals surface area contributed by atoms with E-state index in [1.807, 2.05) is 13.8 Å². The van der Waals surface area contributed by atoms with Crippen LogP contribution in [0.15, 0.2) is 0 Å². The third-order valence-electron chi connectivity index (χ3n) is 3.57. The molecule has 0 aliphatic heterocycles. The largest absolute Gasteiger partial charge is 0.375 e. The summed E-state index contributed by atoms with van der Waals surface area (Å²) in [7, 11) is 0. The van der Waals surface area contributed by atoms with Crippen LogP contribution in [0.1, 0.15) is 43.2 Å². The first-order chi connectivity index (χ1) is 8.66. The number of nitrogens with zero attached hydrogens (tertiary/aromatic N) is 4. The second-order valence-corrected chi connectivity index (χ2v) is 5.88. The van der Waals surface area contributed by atoms with Crippen molar-refractivity contribution >= 4 is 16.5 Å². The zero-order chi connectivity index (χ0) is 12.7. The highest BCUT2D eigenvalue weighted by molar-refractivity contribution is 7.18. The van der Waals surface area contributed by atoms with Crippen molar-refractivity contribution in [3.63, 3.8) is 0 Å². The minimum atomic E-state index is 0.540. The molecule has 2 N–H and O–H groups in total. The predicted molar refractivity (Wildman–Crippen MR) is 72.5 cm³/mol. The third-order valence-corrected chi connectivity index (χ3v) is 4.55. The summed E-state index contributed by atoms with van der Waals surface area (Å²) in [6.07, 6.45) is 5.04. The molecule has 0 unspecified atom stereocenters. The van der Waals surface area contributed by atoms with Gasteiger partial charge in [-0.05, 0) is 26.7 Å². The van der Waals surface area contributed by atoms with E-state index in [-0.39, 0.29) is 0 Å². The van der Waals surface area contributed by atoms with Gasteiger partial charge >= 0.3 is 0 Å². The molecule has 1 aliphatic carbocycles. The van der Waals surface area contributed by atoms with E-state index >= 15 is 0 Å². The number of hydrogen-bond donors (Lipinski definition) is 1. The molecule has 18 heavy (non-hydrogen) atoms. The molecule has 0 atom stereocenters. The number of thiazole rings is 1. The van der Waals surface area contributed by atoms with Crippen molar-refractivity contribution in [2.45, 2.75) is 45.6 Å². The fourth-order valence-electron chi connectivity index (χ4n) is 2.75. The quantitative estimate of drug-likeness (QED) is 0.904. The van der Waals surface area contributed by atoms with Gasteiger partial charge in [-0.1, -0.05) is 24.2 Å². The standard InChI is InChI=1S/C12H17N5S/c1-7-10(18-12(13)14-7)11-16-15-8(2)17(11)9-5-3-4-6-9/h9H,3-6H2,1-2H3,(H2,13,14). The molecule has 0 spiro atoms. The van der Waals surface area contributed by atoms with E-state index < -0.39 is 0 Å². The Hall–Kier alpha value is -1.43. The van der Waals surface area contributed by atoms with E-state index in [2.05, 4.69) is 19.7 Å². The Balaban J connectivity index is 2.09. The van der Waals surface area contributed by atoms with Crippen molar-refractivity contribution in [1.29, 1.82) is 0 Å². The summed E-state index contributed by atoms with van der Waals surface area (Å²) < 4.78 is 2.27. The summed E-state index contributed by atoms with van der Waals surface area (Å²) >= 11 is 1.50. The molecular formula is C12H17N5S.